The minimum absolute atomic E-state index is 0.219. The second-order valence-electron chi connectivity index (χ2n) is 7.32. The average molecular weight is 538 g/mol. The third kappa shape index (κ3) is 8.38. The number of halogens is 1. The molecule has 8 nitrogen and oxygen atoms in total. The minimum atomic E-state index is -0.481. The molecule has 180 valence electrons. The number of hydrogen-bond acceptors (Lipinski definition) is 6. The number of ether oxygens (including phenoxy) is 2. The molecule has 0 aromatic heterocycles. The topological polar surface area (TPSA) is 106 Å². The van der Waals surface area contributed by atoms with E-state index in [0.717, 1.165) is 10.9 Å². The van der Waals surface area contributed by atoms with Crippen molar-refractivity contribution in [2.24, 2.45) is 5.10 Å². The highest BCUT2D eigenvalue weighted by molar-refractivity contribution is 9.10. The van der Waals surface area contributed by atoms with Crippen molar-refractivity contribution in [3.05, 3.63) is 94.0 Å². The van der Waals surface area contributed by atoms with Gasteiger partial charge in [-0.2, -0.15) is 5.10 Å². The Morgan fingerprint density at radius 2 is 1.66 bits per heavy atom. The molecule has 35 heavy (non-hydrogen) atoms. The second kappa shape index (κ2) is 13.0. The molecule has 0 aliphatic rings. The lowest BCUT2D eigenvalue weighted by atomic mass is 10.2. The summed E-state index contributed by atoms with van der Waals surface area (Å²) in [6.45, 7) is 2.42. The quantitative estimate of drug-likeness (QED) is 0.173. The van der Waals surface area contributed by atoms with Gasteiger partial charge in [0.1, 0.15) is 11.5 Å². The van der Waals surface area contributed by atoms with Gasteiger partial charge < -0.3 is 14.8 Å². The highest BCUT2D eigenvalue weighted by Gasteiger charge is 2.09. The molecule has 0 unspecified atom stereocenters. The molecule has 0 radical (unpaired) electrons. The van der Waals surface area contributed by atoms with Crippen LogP contribution in [0.1, 0.15) is 39.6 Å². The molecule has 3 aromatic rings. The van der Waals surface area contributed by atoms with Crippen molar-refractivity contribution in [2.75, 3.05) is 13.2 Å². The molecular weight excluding hydrogens is 514 g/mol. The SMILES string of the molecule is CCCOc1ccc(C(=O)Oc2ccc(/C=N\NC(=O)CNC(=O)c3cccc(Br)c3)cc2)cc1. The van der Waals surface area contributed by atoms with Crippen molar-refractivity contribution in [3.8, 4) is 11.5 Å². The number of hydrazone groups is 1. The summed E-state index contributed by atoms with van der Waals surface area (Å²) in [7, 11) is 0. The van der Waals surface area contributed by atoms with E-state index < -0.39 is 11.9 Å². The first-order valence-corrected chi connectivity index (χ1v) is 11.6. The number of esters is 1. The van der Waals surface area contributed by atoms with Crippen molar-refractivity contribution < 1.29 is 23.9 Å². The van der Waals surface area contributed by atoms with Crippen LogP contribution in [-0.2, 0) is 4.79 Å². The fraction of sp³-hybridized carbons (Fsp3) is 0.154. The molecular formula is C26H24BrN3O5. The fourth-order valence-corrected chi connectivity index (χ4v) is 3.20. The van der Waals surface area contributed by atoms with Crippen molar-refractivity contribution in [3.63, 3.8) is 0 Å². The molecule has 0 aliphatic carbocycles. The predicted octanol–water partition coefficient (Wildman–Crippen LogP) is 4.34. The maximum Gasteiger partial charge on any atom is 0.343 e. The number of carbonyl (C=O) groups is 3. The maximum absolute atomic E-state index is 12.3. The molecule has 0 fully saturated rings. The normalized spacial score (nSPS) is 10.6. The average Bonchev–Trinajstić information content (AvgIpc) is 2.87. The molecule has 9 heteroatoms. The molecule has 2 amide bonds. The Kier molecular flexibility index (Phi) is 9.56. The Hall–Kier alpha value is -3.98. The van der Waals surface area contributed by atoms with Gasteiger partial charge in [0.2, 0.25) is 0 Å². The summed E-state index contributed by atoms with van der Waals surface area (Å²) in [5.41, 5.74) is 3.88. The zero-order valence-electron chi connectivity index (χ0n) is 19.0. The molecule has 3 rings (SSSR count). The van der Waals surface area contributed by atoms with Gasteiger partial charge in [0.25, 0.3) is 11.8 Å². The number of nitrogens with one attached hydrogen (secondary N) is 2. The van der Waals surface area contributed by atoms with Crippen molar-refractivity contribution >= 4 is 39.9 Å². The van der Waals surface area contributed by atoms with Gasteiger partial charge in [0.15, 0.2) is 0 Å². The van der Waals surface area contributed by atoms with E-state index in [1.807, 2.05) is 6.92 Å². The van der Waals surface area contributed by atoms with Crippen LogP contribution >= 0.6 is 15.9 Å². The first-order valence-electron chi connectivity index (χ1n) is 10.9. The first kappa shape index (κ1) is 25.6. The van der Waals surface area contributed by atoms with E-state index in [0.29, 0.717) is 34.8 Å². The van der Waals surface area contributed by atoms with Gasteiger partial charge in [-0.1, -0.05) is 28.9 Å². The van der Waals surface area contributed by atoms with Crippen LogP contribution in [-0.4, -0.2) is 37.1 Å². The van der Waals surface area contributed by atoms with Crippen LogP contribution in [0.15, 0.2) is 82.4 Å². The molecule has 0 aliphatic heterocycles. The smallest absolute Gasteiger partial charge is 0.343 e. The second-order valence-corrected chi connectivity index (χ2v) is 8.23. The monoisotopic (exact) mass is 537 g/mol. The fourth-order valence-electron chi connectivity index (χ4n) is 2.81. The van der Waals surface area contributed by atoms with Gasteiger partial charge in [-0.3, -0.25) is 9.59 Å². The number of hydrogen-bond donors (Lipinski definition) is 2. The zero-order chi connectivity index (χ0) is 25.0. The van der Waals surface area contributed by atoms with Crippen LogP contribution in [0.25, 0.3) is 0 Å². The van der Waals surface area contributed by atoms with Crippen LogP contribution in [0.3, 0.4) is 0 Å². The molecule has 0 heterocycles. The lowest BCUT2D eigenvalue weighted by molar-refractivity contribution is -0.120. The van der Waals surface area contributed by atoms with E-state index >= 15 is 0 Å². The summed E-state index contributed by atoms with van der Waals surface area (Å²) in [4.78, 5) is 36.3. The number of rotatable bonds is 10. The summed E-state index contributed by atoms with van der Waals surface area (Å²) >= 11 is 3.30. The molecule has 0 bridgehead atoms. The van der Waals surface area contributed by atoms with Gasteiger partial charge in [0.05, 0.1) is 24.9 Å². The molecule has 0 atom stereocenters. The highest BCUT2D eigenvalue weighted by atomic mass is 79.9. The third-order valence-corrected chi connectivity index (χ3v) is 5.05. The lowest BCUT2D eigenvalue weighted by Crippen LogP contribution is -2.34. The Morgan fingerprint density at radius 3 is 2.34 bits per heavy atom. The van der Waals surface area contributed by atoms with E-state index in [1.165, 1.54) is 6.21 Å². The number of amides is 2. The van der Waals surface area contributed by atoms with Crippen molar-refractivity contribution in [1.29, 1.82) is 0 Å². The minimum Gasteiger partial charge on any atom is -0.494 e. The molecule has 0 spiro atoms. The van der Waals surface area contributed by atoms with Gasteiger partial charge in [0, 0.05) is 10.0 Å². The molecule has 2 N–H and O–H groups in total. The largest absolute Gasteiger partial charge is 0.494 e. The van der Waals surface area contributed by atoms with Crippen LogP contribution in [0.4, 0.5) is 0 Å². The summed E-state index contributed by atoms with van der Waals surface area (Å²) in [5.74, 6) is -0.244. The van der Waals surface area contributed by atoms with Crippen molar-refractivity contribution in [2.45, 2.75) is 13.3 Å². The van der Waals surface area contributed by atoms with Crippen LogP contribution in [0.2, 0.25) is 0 Å². The van der Waals surface area contributed by atoms with Gasteiger partial charge in [-0.25, -0.2) is 10.2 Å². The maximum atomic E-state index is 12.3. The summed E-state index contributed by atoms with van der Waals surface area (Å²) < 4.78 is 11.7. The number of carbonyl (C=O) groups excluding carboxylic acids is 3. The van der Waals surface area contributed by atoms with Crippen molar-refractivity contribution in [1.82, 2.24) is 10.7 Å². The molecule has 3 aromatic carbocycles. The van der Waals surface area contributed by atoms with Gasteiger partial charge in [-0.15, -0.1) is 0 Å². The summed E-state index contributed by atoms with van der Waals surface area (Å²) in [5, 5.41) is 6.40. The predicted molar refractivity (Wildman–Crippen MR) is 136 cm³/mol. The van der Waals surface area contributed by atoms with Crippen LogP contribution in [0.5, 0.6) is 11.5 Å². The highest BCUT2D eigenvalue weighted by Crippen LogP contribution is 2.16. The van der Waals surface area contributed by atoms with Gasteiger partial charge >= 0.3 is 5.97 Å². The molecule has 0 saturated heterocycles. The summed E-state index contributed by atoms with van der Waals surface area (Å²) in [6, 6.07) is 20.2. The van der Waals surface area contributed by atoms with E-state index in [1.54, 1.807) is 72.8 Å². The first-order chi connectivity index (χ1) is 16.9. The lowest BCUT2D eigenvalue weighted by Gasteiger charge is -2.07. The Labute approximate surface area is 211 Å². The van der Waals surface area contributed by atoms with Gasteiger partial charge in [-0.05, 0) is 78.7 Å². The third-order valence-electron chi connectivity index (χ3n) is 4.55. The standard InChI is InChI=1S/C26H24BrN3O5/c1-2-14-34-22-12-8-19(9-13-22)26(33)35-23-10-6-18(7-11-23)16-29-30-24(31)17-28-25(32)20-4-3-5-21(27)15-20/h3-13,15-16H,2,14,17H2,1H3,(H,28,32)(H,30,31)/b29-16-. The van der Waals surface area contributed by atoms with Crippen LogP contribution < -0.4 is 20.2 Å². The van der Waals surface area contributed by atoms with E-state index in [9.17, 15) is 14.4 Å². The summed E-state index contributed by atoms with van der Waals surface area (Å²) in [6.07, 6.45) is 2.34. The van der Waals surface area contributed by atoms with E-state index in [2.05, 4.69) is 31.8 Å². The zero-order valence-corrected chi connectivity index (χ0v) is 20.6. The Balaban J connectivity index is 1.43. The van der Waals surface area contributed by atoms with E-state index in [4.69, 9.17) is 9.47 Å². The Morgan fingerprint density at radius 1 is 0.943 bits per heavy atom. The van der Waals surface area contributed by atoms with Crippen LogP contribution in [0, 0.1) is 0 Å². The number of benzene rings is 3. The number of nitrogens with zero attached hydrogens (tertiary/aromatic N) is 1. The van der Waals surface area contributed by atoms with E-state index in [-0.39, 0.29) is 12.5 Å². The molecule has 0 saturated carbocycles. The Bertz CT molecular complexity index is 1190.